The van der Waals surface area contributed by atoms with Crippen LogP contribution >= 0.6 is 11.3 Å². The first-order chi connectivity index (χ1) is 12.0. The second-order valence-corrected chi connectivity index (χ2v) is 8.44. The lowest BCUT2D eigenvalue weighted by atomic mass is 10.0. The Morgan fingerprint density at radius 2 is 1.60 bits per heavy atom. The number of rotatable bonds is 6. The second-order valence-electron chi connectivity index (χ2n) is 7.59. The van der Waals surface area contributed by atoms with E-state index >= 15 is 0 Å². The first-order valence-corrected chi connectivity index (χ1v) is 9.88. The van der Waals surface area contributed by atoms with Crippen molar-refractivity contribution >= 4 is 27.4 Å². The van der Waals surface area contributed by atoms with Crippen LogP contribution in [0.3, 0.4) is 0 Å². The van der Waals surface area contributed by atoms with Crippen LogP contribution in [0.25, 0.3) is 21.3 Å². The third kappa shape index (κ3) is 4.01. The summed E-state index contributed by atoms with van der Waals surface area (Å²) in [7, 11) is 0. The van der Waals surface area contributed by atoms with Crippen LogP contribution in [0.1, 0.15) is 33.3 Å². The van der Waals surface area contributed by atoms with Gasteiger partial charge in [-0.2, -0.15) is 0 Å². The molecule has 2 aromatic heterocycles. The Bertz CT molecular complexity index is 824. The molecule has 2 heterocycles. The Morgan fingerprint density at radius 1 is 0.960 bits per heavy atom. The van der Waals surface area contributed by atoms with E-state index in [0.717, 1.165) is 23.7 Å². The highest BCUT2D eigenvalue weighted by atomic mass is 32.1. The highest BCUT2D eigenvalue weighted by Gasteiger charge is 2.19. The zero-order chi connectivity index (χ0) is 18.0. The van der Waals surface area contributed by atoms with Crippen molar-refractivity contribution in [3.63, 3.8) is 0 Å². The molecule has 0 radical (unpaired) electrons. The SMILES string of the molecule is Cc1ccc(-c2csc3ncnc(N(CC(C)C)CC(C)C)c23)cc1. The van der Waals surface area contributed by atoms with Gasteiger partial charge in [-0.1, -0.05) is 57.5 Å². The third-order valence-electron chi connectivity index (χ3n) is 4.18. The summed E-state index contributed by atoms with van der Waals surface area (Å²) in [5.74, 6) is 2.25. The highest BCUT2D eigenvalue weighted by molar-refractivity contribution is 7.17. The normalized spacial score (nSPS) is 11.6. The molecule has 0 aliphatic rings. The fraction of sp³-hybridized carbons (Fsp3) is 0.429. The first-order valence-electron chi connectivity index (χ1n) is 9.00. The number of hydrogen-bond donors (Lipinski definition) is 0. The van der Waals surface area contributed by atoms with Crippen molar-refractivity contribution in [1.82, 2.24) is 9.97 Å². The van der Waals surface area contributed by atoms with Crippen LogP contribution < -0.4 is 4.90 Å². The number of hydrogen-bond acceptors (Lipinski definition) is 4. The molecule has 0 N–H and O–H groups in total. The van der Waals surface area contributed by atoms with E-state index < -0.39 is 0 Å². The van der Waals surface area contributed by atoms with Gasteiger partial charge in [0.1, 0.15) is 17.0 Å². The lowest BCUT2D eigenvalue weighted by Crippen LogP contribution is -2.32. The molecule has 0 fully saturated rings. The number of aromatic nitrogens is 2. The zero-order valence-electron chi connectivity index (χ0n) is 15.8. The number of benzene rings is 1. The minimum atomic E-state index is 0.588. The van der Waals surface area contributed by atoms with Crippen LogP contribution in [0, 0.1) is 18.8 Å². The summed E-state index contributed by atoms with van der Waals surface area (Å²) in [6, 6.07) is 8.73. The lowest BCUT2D eigenvalue weighted by Gasteiger charge is -2.28. The molecule has 0 spiro atoms. The van der Waals surface area contributed by atoms with E-state index in [1.54, 1.807) is 17.7 Å². The van der Waals surface area contributed by atoms with Gasteiger partial charge >= 0.3 is 0 Å². The van der Waals surface area contributed by atoms with Crippen LogP contribution in [-0.2, 0) is 0 Å². The van der Waals surface area contributed by atoms with Crippen LogP contribution in [-0.4, -0.2) is 23.1 Å². The van der Waals surface area contributed by atoms with Gasteiger partial charge in [0.2, 0.25) is 0 Å². The molecule has 0 amide bonds. The Morgan fingerprint density at radius 3 is 2.20 bits per heavy atom. The van der Waals surface area contributed by atoms with Gasteiger partial charge in [0, 0.05) is 24.0 Å². The maximum absolute atomic E-state index is 4.71. The quantitative estimate of drug-likeness (QED) is 0.562. The Labute approximate surface area is 154 Å². The monoisotopic (exact) mass is 353 g/mol. The van der Waals surface area contributed by atoms with E-state index in [4.69, 9.17) is 4.98 Å². The van der Waals surface area contributed by atoms with E-state index in [0.29, 0.717) is 11.8 Å². The Kier molecular flexibility index (Phi) is 5.38. The van der Waals surface area contributed by atoms with Gasteiger partial charge in [-0.3, -0.25) is 0 Å². The molecule has 0 saturated carbocycles. The smallest absolute Gasteiger partial charge is 0.141 e. The summed E-state index contributed by atoms with van der Waals surface area (Å²) in [5, 5.41) is 3.41. The molecular formula is C21H27N3S. The molecule has 0 aliphatic heterocycles. The molecule has 3 aromatic rings. The Balaban J connectivity index is 2.14. The van der Waals surface area contributed by atoms with Gasteiger partial charge in [0.05, 0.1) is 5.39 Å². The number of fused-ring (bicyclic) bond motifs is 1. The van der Waals surface area contributed by atoms with Gasteiger partial charge in [0.15, 0.2) is 0 Å². The van der Waals surface area contributed by atoms with Gasteiger partial charge in [-0.25, -0.2) is 9.97 Å². The van der Waals surface area contributed by atoms with Crippen molar-refractivity contribution in [3.8, 4) is 11.1 Å². The predicted molar refractivity (Wildman–Crippen MR) is 109 cm³/mol. The van der Waals surface area contributed by atoms with E-state index in [-0.39, 0.29) is 0 Å². The van der Waals surface area contributed by atoms with Crippen LogP contribution in [0.2, 0.25) is 0 Å². The highest BCUT2D eigenvalue weighted by Crippen LogP contribution is 2.38. The van der Waals surface area contributed by atoms with Gasteiger partial charge < -0.3 is 4.90 Å². The summed E-state index contributed by atoms with van der Waals surface area (Å²) >= 11 is 1.70. The molecule has 0 unspecified atom stereocenters. The molecule has 0 bridgehead atoms. The van der Waals surface area contributed by atoms with Crippen molar-refractivity contribution in [2.45, 2.75) is 34.6 Å². The average molecular weight is 354 g/mol. The summed E-state index contributed by atoms with van der Waals surface area (Å²) in [6.07, 6.45) is 1.71. The average Bonchev–Trinajstić information content (AvgIpc) is 2.98. The Hall–Kier alpha value is -1.94. The van der Waals surface area contributed by atoms with E-state index in [2.05, 4.69) is 74.1 Å². The summed E-state index contributed by atoms with van der Waals surface area (Å²) in [6.45, 7) is 13.2. The molecule has 1 aromatic carbocycles. The third-order valence-corrected chi connectivity index (χ3v) is 5.07. The molecule has 3 nitrogen and oxygen atoms in total. The lowest BCUT2D eigenvalue weighted by molar-refractivity contribution is 0.550. The van der Waals surface area contributed by atoms with Crippen molar-refractivity contribution < 1.29 is 0 Å². The standard InChI is InChI=1S/C21H27N3S/c1-14(2)10-24(11-15(3)4)20-19-18(12-25-21(19)23-13-22-20)17-8-6-16(5)7-9-17/h6-9,12-15H,10-11H2,1-5H3. The summed E-state index contributed by atoms with van der Waals surface area (Å²) in [4.78, 5) is 12.7. The molecule has 0 saturated heterocycles. The number of aryl methyl sites for hydroxylation is 1. The summed E-state index contributed by atoms with van der Waals surface area (Å²) in [5.41, 5.74) is 3.76. The van der Waals surface area contributed by atoms with Crippen LogP contribution in [0.15, 0.2) is 36.0 Å². The summed E-state index contributed by atoms with van der Waals surface area (Å²) < 4.78 is 0. The van der Waals surface area contributed by atoms with Gasteiger partial charge in [-0.05, 0) is 24.3 Å². The minimum Gasteiger partial charge on any atom is -0.355 e. The zero-order valence-corrected chi connectivity index (χ0v) is 16.6. The van der Waals surface area contributed by atoms with Crippen molar-refractivity contribution in [3.05, 3.63) is 41.5 Å². The molecular weight excluding hydrogens is 326 g/mol. The van der Waals surface area contributed by atoms with Crippen molar-refractivity contribution in [2.24, 2.45) is 11.8 Å². The molecule has 0 atom stereocenters. The van der Waals surface area contributed by atoms with Crippen molar-refractivity contribution in [2.75, 3.05) is 18.0 Å². The number of nitrogens with zero attached hydrogens (tertiary/aromatic N) is 3. The van der Waals surface area contributed by atoms with Gasteiger partial charge in [0.25, 0.3) is 0 Å². The fourth-order valence-electron chi connectivity index (χ4n) is 3.17. The van der Waals surface area contributed by atoms with E-state index in [9.17, 15) is 0 Å². The largest absolute Gasteiger partial charge is 0.355 e. The molecule has 132 valence electrons. The minimum absolute atomic E-state index is 0.588. The molecule has 25 heavy (non-hydrogen) atoms. The molecule has 3 rings (SSSR count). The van der Waals surface area contributed by atoms with Crippen LogP contribution in [0.5, 0.6) is 0 Å². The van der Waals surface area contributed by atoms with Crippen LogP contribution in [0.4, 0.5) is 5.82 Å². The first kappa shape index (κ1) is 17.9. The molecule has 0 aliphatic carbocycles. The fourth-order valence-corrected chi connectivity index (χ4v) is 4.08. The predicted octanol–water partition coefficient (Wildman–Crippen LogP) is 5.79. The maximum Gasteiger partial charge on any atom is 0.141 e. The number of thiophene rings is 1. The maximum atomic E-state index is 4.71. The van der Waals surface area contributed by atoms with Gasteiger partial charge in [-0.15, -0.1) is 11.3 Å². The number of anilines is 1. The molecule has 4 heteroatoms. The van der Waals surface area contributed by atoms with Crippen molar-refractivity contribution in [1.29, 1.82) is 0 Å². The van der Waals surface area contributed by atoms with E-state index in [1.807, 2.05) is 0 Å². The van der Waals surface area contributed by atoms with E-state index in [1.165, 1.54) is 22.1 Å². The topological polar surface area (TPSA) is 29.0 Å². The second kappa shape index (κ2) is 7.52.